The number of hydrogen-bond acceptors (Lipinski definition) is 4. The van der Waals surface area contributed by atoms with Crippen LogP contribution in [0, 0.1) is 0 Å². The highest BCUT2D eigenvalue weighted by molar-refractivity contribution is 5.86. The topological polar surface area (TPSA) is 96.5 Å². The third-order valence-electron chi connectivity index (χ3n) is 3.35. The minimum atomic E-state index is -0.788. The SMILES string of the molecule is CCCCNC(=O)CC[C@H](NC(=O)OC(C)(C)C)C(=O)NCCCC. The summed E-state index contributed by atoms with van der Waals surface area (Å²) in [6.45, 7) is 10.5. The molecule has 0 aliphatic rings. The number of amides is 3. The molecule has 0 unspecified atom stereocenters. The van der Waals surface area contributed by atoms with Crippen LogP contribution in [0.1, 0.15) is 73.1 Å². The number of carbonyl (C=O) groups excluding carboxylic acids is 3. The molecular formula is C18H35N3O4. The van der Waals surface area contributed by atoms with Gasteiger partial charge in [0.25, 0.3) is 0 Å². The second kappa shape index (κ2) is 12.6. The highest BCUT2D eigenvalue weighted by Crippen LogP contribution is 2.08. The maximum Gasteiger partial charge on any atom is 0.408 e. The predicted octanol–water partition coefficient (Wildman–Crippen LogP) is 2.49. The molecule has 0 heterocycles. The molecule has 7 heteroatoms. The summed E-state index contributed by atoms with van der Waals surface area (Å²) in [6.07, 6.45) is 3.49. The number of rotatable bonds is 11. The van der Waals surface area contributed by atoms with Gasteiger partial charge in [-0.3, -0.25) is 9.59 Å². The molecule has 0 fully saturated rings. The van der Waals surface area contributed by atoms with E-state index in [1.165, 1.54) is 0 Å². The van der Waals surface area contributed by atoms with Crippen molar-refractivity contribution in [3.63, 3.8) is 0 Å². The number of nitrogens with one attached hydrogen (secondary N) is 3. The fourth-order valence-electron chi connectivity index (χ4n) is 2.00. The minimum absolute atomic E-state index is 0.120. The van der Waals surface area contributed by atoms with Crippen LogP contribution < -0.4 is 16.0 Å². The van der Waals surface area contributed by atoms with Gasteiger partial charge in [0, 0.05) is 19.5 Å². The van der Waals surface area contributed by atoms with Gasteiger partial charge in [-0.15, -0.1) is 0 Å². The zero-order valence-corrected chi connectivity index (χ0v) is 16.4. The van der Waals surface area contributed by atoms with Crippen molar-refractivity contribution in [1.82, 2.24) is 16.0 Å². The van der Waals surface area contributed by atoms with E-state index in [-0.39, 0.29) is 24.7 Å². The Hall–Kier alpha value is -1.79. The first-order valence-electron chi connectivity index (χ1n) is 9.23. The van der Waals surface area contributed by atoms with E-state index in [0.29, 0.717) is 13.1 Å². The van der Waals surface area contributed by atoms with Gasteiger partial charge in [-0.1, -0.05) is 26.7 Å². The molecule has 25 heavy (non-hydrogen) atoms. The van der Waals surface area contributed by atoms with E-state index >= 15 is 0 Å². The molecular weight excluding hydrogens is 322 g/mol. The van der Waals surface area contributed by atoms with Crippen molar-refractivity contribution in [1.29, 1.82) is 0 Å². The molecule has 146 valence electrons. The van der Waals surface area contributed by atoms with Gasteiger partial charge < -0.3 is 20.7 Å². The zero-order chi connectivity index (χ0) is 19.3. The van der Waals surface area contributed by atoms with Crippen molar-refractivity contribution >= 4 is 17.9 Å². The van der Waals surface area contributed by atoms with Gasteiger partial charge in [-0.2, -0.15) is 0 Å². The fourth-order valence-corrected chi connectivity index (χ4v) is 2.00. The molecule has 0 aromatic carbocycles. The van der Waals surface area contributed by atoms with E-state index in [4.69, 9.17) is 4.74 Å². The molecule has 0 aliphatic carbocycles. The average molecular weight is 357 g/mol. The Balaban J connectivity index is 4.58. The van der Waals surface area contributed by atoms with Crippen LogP contribution in [-0.2, 0) is 14.3 Å². The van der Waals surface area contributed by atoms with Crippen molar-refractivity contribution in [2.45, 2.75) is 84.8 Å². The zero-order valence-electron chi connectivity index (χ0n) is 16.4. The lowest BCUT2D eigenvalue weighted by atomic mass is 10.1. The van der Waals surface area contributed by atoms with Gasteiger partial charge >= 0.3 is 6.09 Å². The first-order valence-corrected chi connectivity index (χ1v) is 9.23. The molecule has 0 aromatic heterocycles. The summed E-state index contributed by atoms with van der Waals surface area (Å²) >= 11 is 0. The van der Waals surface area contributed by atoms with Crippen LogP contribution in [0.5, 0.6) is 0 Å². The normalized spacial score (nSPS) is 12.2. The summed E-state index contributed by atoms with van der Waals surface area (Å²) in [5.74, 6) is -0.411. The molecule has 7 nitrogen and oxygen atoms in total. The number of unbranched alkanes of at least 4 members (excludes halogenated alkanes) is 2. The van der Waals surface area contributed by atoms with Crippen molar-refractivity contribution in [3.8, 4) is 0 Å². The highest BCUT2D eigenvalue weighted by atomic mass is 16.6. The Morgan fingerprint density at radius 2 is 1.52 bits per heavy atom. The van der Waals surface area contributed by atoms with Crippen molar-refractivity contribution < 1.29 is 19.1 Å². The summed E-state index contributed by atoms with van der Waals surface area (Å²) < 4.78 is 5.20. The molecule has 0 saturated carbocycles. The smallest absolute Gasteiger partial charge is 0.408 e. The second-order valence-corrected chi connectivity index (χ2v) is 7.09. The molecule has 0 aromatic rings. The lowest BCUT2D eigenvalue weighted by molar-refractivity contribution is -0.124. The molecule has 3 N–H and O–H groups in total. The predicted molar refractivity (Wildman–Crippen MR) is 98.2 cm³/mol. The van der Waals surface area contributed by atoms with Gasteiger partial charge in [-0.05, 0) is 40.0 Å². The van der Waals surface area contributed by atoms with Crippen molar-refractivity contribution in [3.05, 3.63) is 0 Å². The van der Waals surface area contributed by atoms with E-state index in [1.54, 1.807) is 20.8 Å². The van der Waals surface area contributed by atoms with Gasteiger partial charge in [-0.25, -0.2) is 4.79 Å². The first kappa shape index (κ1) is 23.2. The maximum atomic E-state index is 12.3. The number of ether oxygens (including phenoxy) is 1. The second-order valence-electron chi connectivity index (χ2n) is 7.09. The van der Waals surface area contributed by atoms with Crippen LogP contribution in [-0.4, -0.2) is 42.6 Å². The van der Waals surface area contributed by atoms with E-state index in [0.717, 1.165) is 25.7 Å². The Morgan fingerprint density at radius 1 is 0.960 bits per heavy atom. The lowest BCUT2D eigenvalue weighted by Gasteiger charge is -2.23. The third-order valence-corrected chi connectivity index (χ3v) is 3.35. The van der Waals surface area contributed by atoms with Crippen molar-refractivity contribution in [2.75, 3.05) is 13.1 Å². The summed E-state index contributed by atoms with van der Waals surface area (Å²) in [4.78, 5) is 36.1. The van der Waals surface area contributed by atoms with Crippen LogP contribution >= 0.6 is 0 Å². The molecule has 1 atom stereocenters. The van der Waals surface area contributed by atoms with Gasteiger partial charge in [0.2, 0.25) is 11.8 Å². The van der Waals surface area contributed by atoms with Crippen LogP contribution in [0.25, 0.3) is 0 Å². The molecule has 3 amide bonds. The van der Waals surface area contributed by atoms with E-state index < -0.39 is 17.7 Å². The average Bonchev–Trinajstić information content (AvgIpc) is 2.50. The summed E-state index contributed by atoms with van der Waals surface area (Å²) in [5.41, 5.74) is -0.648. The minimum Gasteiger partial charge on any atom is -0.444 e. The van der Waals surface area contributed by atoms with Crippen LogP contribution in [0.15, 0.2) is 0 Å². The fraction of sp³-hybridized carbons (Fsp3) is 0.833. The molecule has 0 rings (SSSR count). The number of carbonyl (C=O) groups is 3. The number of alkyl carbamates (subject to hydrolysis) is 1. The summed E-state index contributed by atoms with van der Waals surface area (Å²) in [6, 6.07) is -0.788. The van der Waals surface area contributed by atoms with Crippen LogP contribution in [0.2, 0.25) is 0 Å². The summed E-state index contributed by atoms with van der Waals surface area (Å²) in [7, 11) is 0. The van der Waals surface area contributed by atoms with Crippen LogP contribution in [0.4, 0.5) is 4.79 Å². The lowest BCUT2D eigenvalue weighted by Crippen LogP contribution is -2.48. The van der Waals surface area contributed by atoms with E-state index in [2.05, 4.69) is 16.0 Å². The Kier molecular flexibility index (Phi) is 11.7. The van der Waals surface area contributed by atoms with E-state index in [1.807, 2.05) is 13.8 Å². The Morgan fingerprint density at radius 3 is 2.04 bits per heavy atom. The molecule has 0 radical (unpaired) electrons. The Bertz CT molecular complexity index is 419. The largest absolute Gasteiger partial charge is 0.444 e. The molecule has 0 bridgehead atoms. The standard InChI is InChI=1S/C18H35N3O4/c1-6-8-12-19-15(22)11-10-14(16(23)20-13-9-7-2)21-17(24)25-18(3,4)5/h14H,6-13H2,1-5H3,(H,19,22)(H,20,23)(H,21,24)/t14-/m0/s1. The molecule has 0 spiro atoms. The van der Waals surface area contributed by atoms with Crippen molar-refractivity contribution in [2.24, 2.45) is 0 Å². The first-order chi connectivity index (χ1) is 11.7. The molecule has 0 aliphatic heterocycles. The molecule has 0 saturated heterocycles. The monoisotopic (exact) mass is 357 g/mol. The van der Waals surface area contributed by atoms with Crippen LogP contribution in [0.3, 0.4) is 0 Å². The van der Waals surface area contributed by atoms with E-state index in [9.17, 15) is 14.4 Å². The van der Waals surface area contributed by atoms with Gasteiger partial charge in [0.15, 0.2) is 0 Å². The van der Waals surface area contributed by atoms with Gasteiger partial charge in [0.05, 0.1) is 0 Å². The maximum absolute atomic E-state index is 12.3. The Labute approximate surface area is 151 Å². The number of hydrogen-bond donors (Lipinski definition) is 3. The highest BCUT2D eigenvalue weighted by Gasteiger charge is 2.24. The summed E-state index contributed by atoms with van der Waals surface area (Å²) in [5, 5.41) is 8.16. The van der Waals surface area contributed by atoms with Gasteiger partial charge in [0.1, 0.15) is 11.6 Å². The third kappa shape index (κ3) is 13.2. The quantitative estimate of drug-likeness (QED) is 0.495.